The van der Waals surface area contributed by atoms with Gasteiger partial charge in [-0.3, -0.25) is 9.59 Å². The van der Waals surface area contributed by atoms with Gasteiger partial charge in [-0.05, 0) is 43.0 Å². The highest BCUT2D eigenvalue weighted by Crippen LogP contribution is 2.17. The van der Waals surface area contributed by atoms with E-state index in [2.05, 4.69) is 0 Å². The fraction of sp³-hybridized carbons (Fsp3) is 0.375. The van der Waals surface area contributed by atoms with Crippen molar-refractivity contribution in [2.75, 3.05) is 25.4 Å². The number of anilines is 1. The first kappa shape index (κ1) is 15.1. The van der Waals surface area contributed by atoms with Crippen molar-refractivity contribution >= 4 is 24.1 Å². The molecule has 0 atom stereocenters. The number of rotatable bonds is 5. The third-order valence-corrected chi connectivity index (χ3v) is 3.78. The first-order valence-electron chi connectivity index (χ1n) is 7.14. The van der Waals surface area contributed by atoms with Gasteiger partial charge < -0.3 is 15.5 Å². The van der Waals surface area contributed by atoms with Crippen LogP contribution in [0.15, 0.2) is 24.4 Å². The van der Waals surface area contributed by atoms with Gasteiger partial charge in [0.2, 0.25) is 12.3 Å². The Kier molecular flexibility index (Phi) is 4.98. The van der Waals surface area contributed by atoms with Gasteiger partial charge in [0.15, 0.2) is 0 Å². The Morgan fingerprint density at radius 1 is 1.38 bits per heavy atom. The summed E-state index contributed by atoms with van der Waals surface area (Å²) in [7, 11) is 0. The smallest absolute Gasteiger partial charge is 0.242 e. The molecule has 1 aromatic carbocycles. The molecule has 21 heavy (non-hydrogen) atoms. The van der Waals surface area contributed by atoms with Crippen molar-refractivity contribution in [2.24, 2.45) is 0 Å². The van der Waals surface area contributed by atoms with E-state index in [9.17, 15) is 9.59 Å². The molecule has 0 unspecified atom stereocenters. The monoisotopic (exact) mass is 287 g/mol. The summed E-state index contributed by atoms with van der Waals surface area (Å²) in [6.07, 6.45) is 6.20. The van der Waals surface area contributed by atoms with E-state index in [0.717, 1.165) is 37.1 Å². The van der Waals surface area contributed by atoms with Gasteiger partial charge in [0.1, 0.15) is 6.54 Å². The molecule has 2 rings (SSSR count). The number of hydrogen-bond donors (Lipinski definition) is 1. The summed E-state index contributed by atoms with van der Waals surface area (Å²) in [5, 5.41) is 0. The highest BCUT2D eigenvalue weighted by atomic mass is 16.2. The van der Waals surface area contributed by atoms with Crippen LogP contribution in [0.1, 0.15) is 24.0 Å². The van der Waals surface area contributed by atoms with E-state index in [0.29, 0.717) is 12.1 Å². The van der Waals surface area contributed by atoms with Crippen molar-refractivity contribution < 1.29 is 9.59 Å². The molecule has 0 aliphatic carbocycles. The molecule has 1 saturated heterocycles. The number of hydrogen-bond acceptors (Lipinski definition) is 3. The largest absolute Gasteiger partial charge is 0.398 e. The Balaban J connectivity index is 2.01. The standard InChI is InChI=1S/C16H21N3O2/c1-13-14(5-4-6-15(13)17)7-10-18(12-20)11-16(21)19-8-2-3-9-19/h4-7,10,12H,2-3,8-9,11,17H2,1H3/b10-7-. The minimum Gasteiger partial charge on any atom is -0.398 e. The average molecular weight is 287 g/mol. The predicted molar refractivity (Wildman–Crippen MR) is 83.2 cm³/mol. The molecule has 5 nitrogen and oxygen atoms in total. The van der Waals surface area contributed by atoms with Crippen LogP contribution in [0, 0.1) is 6.92 Å². The lowest BCUT2D eigenvalue weighted by molar-refractivity contribution is -0.133. The second kappa shape index (κ2) is 6.92. The second-order valence-corrected chi connectivity index (χ2v) is 5.24. The molecule has 2 N–H and O–H groups in total. The maximum absolute atomic E-state index is 12.0. The molecule has 1 aliphatic heterocycles. The zero-order valence-corrected chi connectivity index (χ0v) is 12.3. The van der Waals surface area contributed by atoms with Gasteiger partial charge in [0.25, 0.3) is 0 Å². The molecule has 112 valence electrons. The van der Waals surface area contributed by atoms with Crippen molar-refractivity contribution in [3.05, 3.63) is 35.5 Å². The first-order valence-corrected chi connectivity index (χ1v) is 7.14. The lowest BCUT2D eigenvalue weighted by Crippen LogP contribution is -2.36. The lowest BCUT2D eigenvalue weighted by Gasteiger charge is -2.18. The number of carbonyl (C=O) groups excluding carboxylic acids is 2. The van der Waals surface area contributed by atoms with E-state index in [-0.39, 0.29) is 12.5 Å². The van der Waals surface area contributed by atoms with E-state index < -0.39 is 0 Å². The molecule has 0 spiro atoms. The van der Waals surface area contributed by atoms with Gasteiger partial charge in [-0.2, -0.15) is 0 Å². The van der Waals surface area contributed by atoms with Gasteiger partial charge in [-0.15, -0.1) is 0 Å². The number of likely N-dealkylation sites (tertiary alicyclic amines) is 1. The number of benzene rings is 1. The molecular weight excluding hydrogens is 266 g/mol. The maximum Gasteiger partial charge on any atom is 0.242 e. The van der Waals surface area contributed by atoms with E-state index in [1.165, 1.54) is 4.90 Å². The van der Waals surface area contributed by atoms with E-state index in [1.807, 2.05) is 25.1 Å². The molecule has 0 radical (unpaired) electrons. The summed E-state index contributed by atoms with van der Waals surface area (Å²) in [5.41, 5.74) is 8.46. The van der Waals surface area contributed by atoms with Crippen molar-refractivity contribution in [3.8, 4) is 0 Å². The van der Waals surface area contributed by atoms with Crippen LogP contribution >= 0.6 is 0 Å². The summed E-state index contributed by atoms with van der Waals surface area (Å²) >= 11 is 0. The molecule has 1 heterocycles. The molecule has 0 aromatic heterocycles. The van der Waals surface area contributed by atoms with Crippen molar-refractivity contribution in [1.82, 2.24) is 9.80 Å². The zero-order valence-electron chi connectivity index (χ0n) is 12.3. The second-order valence-electron chi connectivity index (χ2n) is 5.24. The average Bonchev–Trinajstić information content (AvgIpc) is 3.01. The van der Waals surface area contributed by atoms with E-state index in [1.54, 1.807) is 17.2 Å². The third-order valence-electron chi connectivity index (χ3n) is 3.78. The Hall–Kier alpha value is -2.30. The highest BCUT2D eigenvalue weighted by molar-refractivity contribution is 5.81. The van der Waals surface area contributed by atoms with Crippen LogP contribution in [0.2, 0.25) is 0 Å². The fourth-order valence-corrected chi connectivity index (χ4v) is 2.38. The highest BCUT2D eigenvalue weighted by Gasteiger charge is 2.19. The minimum absolute atomic E-state index is 0.00597. The molecule has 0 bridgehead atoms. The fourth-order valence-electron chi connectivity index (χ4n) is 2.38. The van der Waals surface area contributed by atoms with Gasteiger partial charge in [0.05, 0.1) is 0 Å². The maximum atomic E-state index is 12.0. The summed E-state index contributed by atoms with van der Waals surface area (Å²) in [6, 6.07) is 5.62. The molecule has 2 amide bonds. The summed E-state index contributed by atoms with van der Waals surface area (Å²) < 4.78 is 0. The minimum atomic E-state index is -0.00597. The van der Waals surface area contributed by atoms with Gasteiger partial charge in [-0.1, -0.05) is 12.1 Å². The third kappa shape index (κ3) is 3.84. The lowest BCUT2D eigenvalue weighted by atomic mass is 10.1. The van der Waals surface area contributed by atoms with Crippen molar-refractivity contribution in [1.29, 1.82) is 0 Å². The van der Waals surface area contributed by atoms with Gasteiger partial charge in [0, 0.05) is 25.0 Å². The van der Waals surface area contributed by atoms with Gasteiger partial charge in [-0.25, -0.2) is 0 Å². The normalized spacial score (nSPS) is 14.6. The molecule has 0 saturated carbocycles. The van der Waals surface area contributed by atoms with Gasteiger partial charge >= 0.3 is 0 Å². The number of amides is 2. The van der Waals surface area contributed by atoms with Crippen LogP contribution in [0.25, 0.3) is 6.08 Å². The van der Waals surface area contributed by atoms with Crippen LogP contribution in [-0.4, -0.2) is 41.8 Å². The molecule has 1 aromatic rings. The van der Waals surface area contributed by atoms with Crippen LogP contribution in [0.3, 0.4) is 0 Å². The molecular formula is C16H21N3O2. The number of carbonyl (C=O) groups is 2. The summed E-state index contributed by atoms with van der Waals surface area (Å²) in [5.74, 6) is -0.00597. The van der Waals surface area contributed by atoms with Crippen LogP contribution < -0.4 is 5.73 Å². The Morgan fingerprint density at radius 3 is 2.76 bits per heavy atom. The van der Waals surface area contributed by atoms with E-state index in [4.69, 9.17) is 5.73 Å². The van der Waals surface area contributed by atoms with Crippen molar-refractivity contribution in [2.45, 2.75) is 19.8 Å². The predicted octanol–water partition coefficient (Wildman–Crippen LogP) is 1.63. The Morgan fingerprint density at radius 2 is 2.10 bits per heavy atom. The van der Waals surface area contributed by atoms with Crippen LogP contribution in [0.5, 0.6) is 0 Å². The summed E-state index contributed by atoms with van der Waals surface area (Å²) in [4.78, 5) is 26.3. The molecule has 1 aliphatic rings. The number of nitrogens with zero attached hydrogens (tertiary/aromatic N) is 2. The molecule has 1 fully saturated rings. The zero-order chi connectivity index (χ0) is 15.2. The topological polar surface area (TPSA) is 66.6 Å². The van der Waals surface area contributed by atoms with E-state index >= 15 is 0 Å². The van der Waals surface area contributed by atoms with Crippen LogP contribution in [-0.2, 0) is 9.59 Å². The Labute approximate surface area is 125 Å². The van der Waals surface area contributed by atoms with Crippen LogP contribution in [0.4, 0.5) is 5.69 Å². The number of nitrogen functional groups attached to an aromatic ring is 1. The molecule has 5 heteroatoms. The summed E-state index contributed by atoms with van der Waals surface area (Å²) in [6.45, 7) is 3.60. The first-order chi connectivity index (χ1) is 10.1. The number of nitrogens with two attached hydrogens (primary N) is 1. The quantitative estimate of drug-likeness (QED) is 0.661. The van der Waals surface area contributed by atoms with Crippen molar-refractivity contribution in [3.63, 3.8) is 0 Å². The SMILES string of the molecule is Cc1c(N)cccc1/C=C\N(C=O)CC(=O)N1CCCC1. The Bertz CT molecular complexity index is 548.